The second-order valence-electron chi connectivity index (χ2n) is 3.13. The summed E-state index contributed by atoms with van der Waals surface area (Å²) < 4.78 is 17.1. The van der Waals surface area contributed by atoms with E-state index in [9.17, 15) is 0 Å². The molecule has 0 saturated heterocycles. The maximum atomic E-state index is 5.71. The van der Waals surface area contributed by atoms with E-state index in [4.69, 9.17) is 24.9 Å². The molecule has 0 aliphatic carbocycles. The molecule has 0 aliphatic rings. The normalized spacial score (nSPS) is 12.0. The first kappa shape index (κ1) is 15.4. The Hall–Kier alpha value is 0.387. The van der Waals surface area contributed by atoms with Crippen LogP contribution in [-0.4, -0.2) is 34.5 Å². The largest absolute Gasteiger partial charge is 0.500 e. The zero-order valence-corrected chi connectivity index (χ0v) is 11.8. The predicted molar refractivity (Wildman–Crippen MR) is 65.4 cm³/mol. The number of hydrogen-bond acceptors (Lipinski definition) is 3. The van der Waals surface area contributed by atoms with Gasteiger partial charge in [0.15, 0.2) is 0 Å². The van der Waals surface area contributed by atoms with Crippen LogP contribution in [0.25, 0.3) is 0 Å². The Balaban J connectivity index is 4.18. The quantitative estimate of drug-likeness (QED) is 0.341. The van der Waals surface area contributed by atoms with Crippen LogP contribution in [0.1, 0.15) is 33.6 Å². The fraction of sp³-hybridized carbons (Fsp3) is 1.00. The van der Waals surface area contributed by atoms with Crippen LogP contribution in [0.2, 0.25) is 6.04 Å². The van der Waals surface area contributed by atoms with Gasteiger partial charge in [0.05, 0.1) is 0 Å². The summed E-state index contributed by atoms with van der Waals surface area (Å²) in [6, 6.07) is 0.870. The maximum Gasteiger partial charge on any atom is 0.500 e. The Kier molecular flexibility index (Phi) is 9.85. The lowest BCUT2D eigenvalue weighted by atomic mass is 10.4. The molecule has 0 atom stereocenters. The third kappa shape index (κ3) is 6.53. The zero-order valence-electron chi connectivity index (χ0n) is 10.1. The first-order valence-electron chi connectivity index (χ1n) is 5.72. The molecule has 0 amide bonds. The van der Waals surface area contributed by atoms with E-state index in [2.05, 4.69) is 0 Å². The standard InChI is InChI=1S/C10H23ClO3Si/c1-4-12-15(13-5-2,14-6-3)10-8-7-9-11/h4-10H2,1-3H3. The summed E-state index contributed by atoms with van der Waals surface area (Å²) in [6.45, 7) is 7.86. The average molecular weight is 255 g/mol. The molecular formula is C10H23ClO3Si. The SMILES string of the molecule is CCO[Si](CCCCCl)(OCC)OCC. The molecule has 0 radical (unpaired) electrons. The average Bonchev–Trinajstić information content (AvgIpc) is 2.19. The lowest BCUT2D eigenvalue weighted by molar-refractivity contribution is 0.0708. The zero-order chi connectivity index (χ0) is 11.6. The minimum atomic E-state index is -2.39. The molecule has 5 heteroatoms. The second-order valence-corrected chi connectivity index (χ2v) is 6.24. The van der Waals surface area contributed by atoms with Gasteiger partial charge >= 0.3 is 8.80 Å². The topological polar surface area (TPSA) is 27.7 Å². The summed E-state index contributed by atoms with van der Waals surface area (Å²) in [4.78, 5) is 0. The van der Waals surface area contributed by atoms with Gasteiger partial charge in [-0.2, -0.15) is 0 Å². The van der Waals surface area contributed by atoms with Crippen LogP contribution in [0.15, 0.2) is 0 Å². The smallest absolute Gasteiger partial charge is 0.374 e. The first-order valence-corrected chi connectivity index (χ1v) is 8.19. The molecule has 0 rings (SSSR count). The Morgan fingerprint density at radius 3 is 1.67 bits per heavy atom. The van der Waals surface area contributed by atoms with Crippen LogP contribution < -0.4 is 0 Å². The highest BCUT2D eigenvalue weighted by Gasteiger charge is 2.39. The molecule has 0 unspecified atom stereocenters. The van der Waals surface area contributed by atoms with Crippen molar-refractivity contribution in [2.24, 2.45) is 0 Å². The molecule has 0 saturated carbocycles. The van der Waals surface area contributed by atoms with Crippen molar-refractivity contribution in [3.8, 4) is 0 Å². The van der Waals surface area contributed by atoms with Crippen LogP contribution in [0.5, 0.6) is 0 Å². The number of rotatable bonds is 10. The molecule has 3 nitrogen and oxygen atoms in total. The number of alkyl halides is 1. The van der Waals surface area contributed by atoms with Gasteiger partial charge in [0.2, 0.25) is 0 Å². The van der Waals surface area contributed by atoms with Crippen molar-refractivity contribution in [2.45, 2.75) is 39.7 Å². The van der Waals surface area contributed by atoms with Gasteiger partial charge in [0.1, 0.15) is 0 Å². The Labute approximate surface area is 99.4 Å². The van der Waals surface area contributed by atoms with Gasteiger partial charge in [-0.25, -0.2) is 0 Å². The summed E-state index contributed by atoms with van der Waals surface area (Å²) in [6.07, 6.45) is 2.00. The summed E-state index contributed by atoms with van der Waals surface area (Å²) in [5.74, 6) is 0.689. The van der Waals surface area contributed by atoms with E-state index in [0.29, 0.717) is 25.7 Å². The van der Waals surface area contributed by atoms with Gasteiger partial charge in [-0.05, 0) is 33.6 Å². The molecule has 0 aromatic carbocycles. The molecule has 15 heavy (non-hydrogen) atoms. The van der Waals surface area contributed by atoms with Crippen molar-refractivity contribution < 1.29 is 13.3 Å². The highest BCUT2D eigenvalue weighted by molar-refractivity contribution is 6.60. The molecule has 0 heterocycles. The van der Waals surface area contributed by atoms with Crippen molar-refractivity contribution >= 4 is 20.4 Å². The van der Waals surface area contributed by atoms with Gasteiger partial charge < -0.3 is 13.3 Å². The summed E-state index contributed by atoms with van der Waals surface area (Å²) in [5.41, 5.74) is 0. The van der Waals surface area contributed by atoms with Gasteiger partial charge in [0, 0.05) is 31.7 Å². The van der Waals surface area contributed by atoms with Crippen molar-refractivity contribution in [1.82, 2.24) is 0 Å². The maximum absolute atomic E-state index is 5.71. The molecule has 0 bridgehead atoms. The van der Waals surface area contributed by atoms with E-state index in [-0.39, 0.29) is 0 Å². The van der Waals surface area contributed by atoms with Crippen LogP contribution in [0, 0.1) is 0 Å². The summed E-state index contributed by atoms with van der Waals surface area (Å²) in [5, 5.41) is 0. The van der Waals surface area contributed by atoms with E-state index in [1.165, 1.54) is 0 Å². The fourth-order valence-corrected chi connectivity index (χ4v) is 4.31. The van der Waals surface area contributed by atoms with E-state index >= 15 is 0 Å². The van der Waals surface area contributed by atoms with Gasteiger partial charge in [-0.15, -0.1) is 11.6 Å². The molecule has 0 aromatic heterocycles. The second kappa shape index (κ2) is 9.60. The minimum absolute atomic E-state index is 0.646. The predicted octanol–water partition coefficient (Wildman–Crippen LogP) is 3.05. The molecule has 0 spiro atoms. The van der Waals surface area contributed by atoms with Crippen molar-refractivity contribution in [2.75, 3.05) is 25.7 Å². The molecule has 0 fully saturated rings. The van der Waals surface area contributed by atoms with Crippen LogP contribution >= 0.6 is 11.6 Å². The van der Waals surface area contributed by atoms with Crippen LogP contribution in [-0.2, 0) is 13.3 Å². The number of halogens is 1. The van der Waals surface area contributed by atoms with Crippen LogP contribution in [0.4, 0.5) is 0 Å². The highest BCUT2D eigenvalue weighted by atomic mass is 35.5. The highest BCUT2D eigenvalue weighted by Crippen LogP contribution is 2.19. The van der Waals surface area contributed by atoms with Gasteiger partial charge in [-0.3, -0.25) is 0 Å². The van der Waals surface area contributed by atoms with E-state index in [0.717, 1.165) is 18.9 Å². The lowest BCUT2D eigenvalue weighted by Crippen LogP contribution is -2.45. The minimum Gasteiger partial charge on any atom is -0.374 e. The Bertz CT molecular complexity index is 130. The van der Waals surface area contributed by atoms with Gasteiger partial charge in [0.25, 0.3) is 0 Å². The molecular weight excluding hydrogens is 232 g/mol. The fourth-order valence-electron chi connectivity index (χ4n) is 1.44. The van der Waals surface area contributed by atoms with E-state index in [1.54, 1.807) is 0 Å². The van der Waals surface area contributed by atoms with Crippen LogP contribution in [0.3, 0.4) is 0 Å². The van der Waals surface area contributed by atoms with Gasteiger partial charge in [-0.1, -0.05) is 0 Å². The monoisotopic (exact) mass is 254 g/mol. The van der Waals surface area contributed by atoms with Crippen molar-refractivity contribution in [3.05, 3.63) is 0 Å². The van der Waals surface area contributed by atoms with E-state index < -0.39 is 8.80 Å². The molecule has 0 aromatic rings. The summed E-state index contributed by atoms with van der Waals surface area (Å²) in [7, 11) is -2.39. The molecule has 0 N–H and O–H groups in total. The summed E-state index contributed by atoms with van der Waals surface area (Å²) >= 11 is 5.65. The molecule has 92 valence electrons. The number of unbranched alkanes of at least 4 members (excludes halogenated alkanes) is 1. The lowest BCUT2D eigenvalue weighted by Gasteiger charge is -2.28. The van der Waals surface area contributed by atoms with E-state index in [1.807, 2.05) is 20.8 Å². The Morgan fingerprint density at radius 1 is 0.867 bits per heavy atom. The number of hydrogen-bond donors (Lipinski definition) is 0. The van der Waals surface area contributed by atoms with Crippen molar-refractivity contribution in [1.29, 1.82) is 0 Å². The third-order valence-corrected chi connectivity index (χ3v) is 5.38. The molecule has 0 aliphatic heterocycles. The first-order chi connectivity index (χ1) is 7.24. The Morgan fingerprint density at radius 2 is 1.33 bits per heavy atom. The van der Waals surface area contributed by atoms with Crippen molar-refractivity contribution in [3.63, 3.8) is 0 Å². The third-order valence-electron chi connectivity index (χ3n) is 1.96.